The summed E-state index contributed by atoms with van der Waals surface area (Å²) in [5, 5.41) is 12.8. The Bertz CT molecular complexity index is 485. The van der Waals surface area contributed by atoms with Crippen LogP contribution in [0, 0.1) is 6.92 Å². The molecule has 0 aliphatic rings. The highest BCUT2D eigenvalue weighted by atomic mass is 16.3. The third-order valence-corrected chi connectivity index (χ3v) is 2.81. The summed E-state index contributed by atoms with van der Waals surface area (Å²) in [7, 11) is 0. The van der Waals surface area contributed by atoms with E-state index in [1.54, 1.807) is 6.20 Å². The van der Waals surface area contributed by atoms with Crippen molar-refractivity contribution in [3.63, 3.8) is 0 Å². The molecule has 0 spiro atoms. The Kier molecular flexibility index (Phi) is 4.31. The maximum Gasteiger partial charge on any atom is 0.0636 e. The highest BCUT2D eigenvalue weighted by Gasteiger charge is 2.08. The summed E-state index contributed by atoms with van der Waals surface area (Å²) in [6.07, 6.45) is 2.58. The van der Waals surface area contributed by atoms with Gasteiger partial charge in [-0.3, -0.25) is 4.98 Å². The molecule has 94 valence electrons. The Hall–Kier alpha value is -1.87. The second kappa shape index (κ2) is 6.17. The molecule has 1 atom stereocenters. The number of hydrogen-bond acceptors (Lipinski definition) is 3. The summed E-state index contributed by atoms with van der Waals surface area (Å²) >= 11 is 0. The van der Waals surface area contributed by atoms with Crippen LogP contribution in [0.15, 0.2) is 48.7 Å². The molecular formula is C15H18N2O. The van der Waals surface area contributed by atoms with E-state index in [1.165, 1.54) is 5.56 Å². The van der Waals surface area contributed by atoms with Gasteiger partial charge in [-0.2, -0.15) is 0 Å². The Labute approximate surface area is 108 Å². The summed E-state index contributed by atoms with van der Waals surface area (Å²) in [6.45, 7) is 2.06. The molecule has 2 rings (SSSR count). The summed E-state index contributed by atoms with van der Waals surface area (Å²) in [5.74, 6) is 0. The van der Waals surface area contributed by atoms with Crippen molar-refractivity contribution in [1.82, 2.24) is 4.98 Å². The lowest BCUT2D eigenvalue weighted by Gasteiger charge is -2.17. The smallest absolute Gasteiger partial charge is 0.0636 e. The Morgan fingerprint density at radius 3 is 2.67 bits per heavy atom. The molecule has 0 aliphatic carbocycles. The van der Waals surface area contributed by atoms with Crippen molar-refractivity contribution in [2.75, 3.05) is 11.9 Å². The minimum Gasteiger partial charge on any atom is -0.394 e. The van der Waals surface area contributed by atoms with Gasteiger partial charge in [0, 0.05) is 17.6 Å². The van der Waals surface area contributed by atoms with Crippen LogP contribution in [0.5, 0.6) is 0 Å². The van der Waals surface area contributed by atoms with Gasteiger partial charge in [-0.1, -0.05) is 30.3 Å². The number of pyridine rings is 1. The lowest BCUT2D eigenvalue weighted by Crippen LogP contribution is -2.26. The van der Waals surface area contributed by atoms with Gasteiger partial charge in [0.1, 0.15) is 0 Å². The van der Waals surface area contributed by atoms with E-state index in [2.05, 4.69) is 22.4 Å². The highest BCUT2D eigenvalue weighted by molar-refractivity contribution is 5.44. The van der Waals surface area contributed by atoms with Crippen LogP contribution in [-0.2, 0) is 6.42 Å². The maximum absolute atomic E-state index is 9.44. The molecule has 0 saturated carbocycles. The molecule has 1 heterocycles. The molecule has 1 aromatic heterocycles. The molecule has 0 bridgehead atoms. The van der Waals surface area contributed by atoms with Crippen LogP contribution in [-0.4, -0.2) is 22.7 Å². The van der Waals surface area contributed by atoms with Gasteiger partial charge in [0.15, 0.2) is 0 Å². The summed E-state index contributed by atoms with van der Waals surface area (Å²) in [6, 6.07) is 14.1. The maximum atomic E-state index is 9.44. The zero-order valence-corrected chi connectivity index (χ0v) is 10.5. The standard InChI is InChI=1S/C15H18N2O/c1-12-9-14(7-8-16-12)17-15(11-18)10-13-5-3-2-4-6-13/h2-9,15,18H,10-11H2,1H3,(H,16,17). The molecule has 3 nitrogen and oxygen atoms in total. The molecule has 2 aromatic rings. The zero-order chi connectivity index (χ0) is 12.8. The van der Waals surface area contributed by atoms with Crippen LogP contribution in [0.25, 0.3) is 0 Å². The van der Waals surface area contributed by atoms with Gasteiger partial charge in [-0.25, -0.2) is 0 Å². The Morgan fingerprint density at radius 2 is 2.00 bits per heavy atom. The van der Waals surface area contributed by atoms with E-state index in [-0.39, 0.29) is 12.6 Å². The van der Waals surface area contributed by atoms with E-state index in [1.807, 2.05) is 37.3 Å². The molecule has 0 radical (unpaired) electrons. The number of anilines is 1. The fourth-order valence-electron chi connectivity index (χ4n) is 1.93. The fraction of sp³-hybridized carbons (Fsp3) is 0.267. The Balaban J connectivity index is 2.01. The number of aryl methyl sites for hydroxylation is 1. The van der Waals surface area contributed by atoms with Crippen molar-refractivity contribution in [2.24, 2.45) is 0 Å². The molecular weight excluding hydrogens is 224 g/mol. The van der Waals surface area contributed by atoms with Crippen molar-refractivity contribution in [3.8, 4) is 0 Å². The third-order valence-electron chi connectivity index (χ3n) is 2.81. The van der Waals surface area contributed by atoms with Crippen molar-refractivity contribution in [3.05, 3.63) is 59.9 Å². The van der Waals surface area contributed by atoms with E-state index < -0.39 is 0 Å². The van der Waals surface area contributed by atoms with Crippen molar-refractivity contribution in [2.45, 2.75) is 19.4 Å². The fourth-order valence-corrected chi connectivity index (χ4v) is 1.93. The molecule has 2 N–H and O–H groups in total. The quantitative estimate of drug-likeness (QED) is 0.846. The van der Waals surface area contributed by atoms with Gasteiger partial charge in [0.05, 0.1) is 12.6 Å². The van der Waals surface area contributed by atoms with E-state index in [9.17, 15) is 5.11 Å². The predicted molar refractivity (Wildman–Crippen MR) is 73.6 cm³/mol. The SMILES string of the molecule is Cc1cc(NC(CO)Cc2ccccc2)ccn1. The predicted octanol–water partition coefficient (Wildman–Crippen LogP) is 2.41. The van der Waals surface area contributed by atoms with Crippen LogP contribution in [0.4, 0.5) is 5.69 Å². The highest BCUT2D eigenvalue weighted by Crippen LogP contribution is 2.11. The van der Waals surface area contributed by atoms with Crippen LogP contribution >= 0.6 is 0 Å². The zero-order valence-electron chi connectivity index (χ0n) is 10.5. The number of nitrogens with zero attached hydrogens (tertiary/aromatic N) is 1. The van der Waals surface area contributed by atoms with Crippen LogP contribution in [0.2, 0.25) is 0 Å². The summed E-state index contributed by atoms with van der Waals surface area (Å²) in [4.78, 5) is 4.15. The number of aliphatic hydroxyl groups excluding tert-OH is 1. The summed E-state index contributed by atoms with van der Waals surface area (Å²) in [5.41, 5.74) is 3.18. The molecule has 0 fully saturated rings. The molecule has 1 unspecified atom stereocenters. The number of nitrogens with one attached hydrogen (secondary N) is 1. The largest absolute Gasteiger partial charge is 0.394 e. The molecule has 1 aromatic carbocycles. The van der Waals surface area contributed by atoms with Crippen LogP contribution < -0.4 is 5.32 Å². The molecule has 3 heteroatoms. The Morgan fingerprint density at radius 1 is 1.22 bits per heavy atom. The van der Waals surface area contributed by atoms with Gasteiger partial charge >= 0.3 is 0 Å². The molecule has 18 heavy (non-hydrogen) atoms. The first-order valence-corrected chi connectivity index (χ1v) is 6.12. The summed E-state index contributed by atoms with van der Waals surface area (Å²) < 4.78 is 0. The van der Waals surface area contributed by atoms with Crippen molar-refractivity contribution >= 4 is 5.69 Å². The number of aromatic nitrogens is 1. The average Bonchev–Trinajstić information content (AvgIpc) is 2.39. The van der Waals surface area contributed by atoms with Gasteiger partial charge in [0.25, 0.3) is 0 Å². The number of benzene rings is 1. The van der Waals surface area contributed by atoms with Gasteiger partial charge in [0.2, 0.25) is 0 Å². The van der Waals surface area contributed by atoms with Crippen molar-refractivity contribution in [1.29, 1.82) is 0 Å². The first-order chi connectivity index (χ1) is 8.78. The monoisotopic (exact) mass is 242 g/mol. The minimum atomic E-state index is 0.0224. The lowest BCUT2D eigenvalue weighted by molar-refractivity contribution is 0.273. The molecule has 0 amide bonds. The minimum absolute atomic E-state index is 0.0224. The lowest BCUT2D eigenvalue weighted by atomic mass is 10.1. The topological polar surface area (TPSA) is 45.1 Å². The average molecular weight is 242 g/mol. The van der Waals surface area contributed by atoms with E-state index in [4.69, 9.17) is 0 Å². The van der Waals surface area contributed by atoms with Gasteiger partial charge in [-0.15, -0.1) is 0 Å². The third kappa shape index (κ3) is 3.57. The molecule has 0 saturated heterocycles. The van der Waals surface area contributed by atoms with E-state index in [0.717, 1.165) is 17.8 Å². The number of aliphatic hydroxyl groups is 1. The van der Waals surface area contributed by atoms with Crippen molar-refractivity contribution < 1.29 is 5.11 Å². The normalized spacial score (nSPS) is 12.1. The molecule has 0 aliphatic heterocycles. The van der Waals surface area contributed by atoms with Gasteiger partial charge < -0.3 is 10.4 Å². The second-order valence-electron chi connectivity index (χ2n) is 4.40. The van der Waals surface area contributed by atoms with Gasteiger partial charge in [-0.05, 0) is 31.0 Å². The van der Waals surface area contributed by atoms with Crippen LogP contribution in [0.3, 0.4) is 0 Å². The first kappa shape index (κ1) is 12.6. The van der Waals surface area contributed by atoms with E-state index >= 15 is 0 Å². The van der Waals surface area contributed by atoms with Crippen LogP contribution in [0.1, 0.15) is 11.3 Å². The first-order valence-electron chi connectivity index (χ1n) is 6.12. The number of rotatable bonds is 5. The number of hydrogen-bond donors (Lipinski definition) is 2. The second-order valence-corrected chi connectivity index (χ2v) is 4.40. The van der Waals surface area contributed by atoms with E-state index in [0.29, 0.717) is 0 Å².